The number of aromatic nitrogens is 3. The number of pyridine rings is 1. The van der Waals surface area contributed by atoms with Crippen molar-refractivity contribution >= 4 is 34.2 Å². The van der Waals surface area contributed by atoms with Gasteiger partial charge >= 0.3 is 0 Å². The third kappa shape index (κ3) is 3.64. The minimum Gasteiger partial charge on any atom is -0.341 e. The number of hydrogen-bond donors (Lipinski definition) is 0. The number of amides is 2. The molecule has 28 heavy (non-hydrogen) atoms. The summed E-state index contributed by atoms with van der Waals surface area (Å²) in [5.41, 5.74) is 2.16. The fourth-order valence-corrected chi connectivity index (χ4v) is 4.31. The van der Waals surface area contributed by atoms with Gasteiger partial charge in [-0.05, 0) is 30.9 Å². The molecule has 0 bridgehead atoms. The van der Waals surface area contributed by atoms with E-state index in [-0.39, 0.29) is 11.8 Å². The van der Waals surface area contributed by atoms with Crippen molar-refractivity contribution in [2.45, 2.75) is 26.8 Å². The van der Waals surface area contributed by atoms with Gasteiger partial charge in [-0.25, -0.2) is 9.67 Å². The maximum absolute atomic E-state index is 13.3. The predicted octanol–water partition coefficient (Wildman–Crippen LogP) is 2.54. The van der Waals surface area contributed by atoms with Crippen LogP contribution in [-0.4, -0.2) is 62.6 Å². The molecule has 3 aromatic rings. The summed E-state index contributed by atoms with van der Waals surface area (Å²) in [6, 6.07) is 5.93. The third-order valence-electron chi connectivity index (χ3n) is 5.08. The van der Waals surface area contributed by atoms with Crippen LogP contribution >= 0.6 is 11.3 Å². The third-order valence-corrected chi connectivity index (χ3v) is 5.94. The molecule has 0 N–H and O–H groups in total. The normalized spacial score (nSPS) is 15.1. The van der Waals surface area contributed by atoms with Crippen molar-refractivity contribution in [1.29, 1.82) is 0 Å². The van der Waals surface area contributed by atoms with E-state index in [1.165, 1.54) is 4.88 Å². The largest absolute Gasteiger partial charge is 0.341 e. The van der Waals surface area contributed by atoms with E-state index in [2.05, 4.69) is 16.1 Å². The highest BCUT2D eigenvalue weighted by molar-refractivity contribution is 7.09. The molecule has 1 fully saturated rings. The second-order valence-corrected chi connectivity index (χ2v) is 8.11. The van der Waals surface area contributed by atoms with Crippen LogP contribution in [0.1, 0.15) is 34.3 Å². The summed E-state index contributed by atoms with van der Waals surface area (Å²) in [4.78, 5) is 34.4. The Morgan fingerprint density at radius 3 is 2.71 bits per heavy atom. The minimum absolute atomic E-state index is 0.0171. The molecule has 4 rings (SSSR count). The number of carbonyl (C=O) groups is 2. The van der Waals surface area contributed by atoms with Gasteiger partial charge in [0, 0.05) is 43.7 Å². The fraction of sp³-hybridized carbons (Fsp3) is 0.400. The molecule has 0 aliphatic carbocycles. The Hall–Kier alpha value is -2.74. The molecule has 0 atom stereocenters. The van der Waals surface area contributed by atoms with Gasteiger partial charge in [-0.1, -0.05) is 6.07 Å². The Bertz CT molecular complexity index is 1010. The van der Waals surface area contributed by atoms with Gasteiger partial charge in [-0.15, -0.1) is 11.3 Å². The number of rotatable bonds is 3. The molecule has 2 amide bonds. The van der Waals surface area contributed by atoms with E-state index in [4.69, 9.17) is 0 Å². The molecule has 146 valence electrons. The second-order valence-electron chi connectivity index (χ2n) is 7.08. The molecule has 4 heterocycles. The van der Waals surface area contributed by atoms with Crippen LogP contribution in [0.3, 0.4) is 0 Å². The summed E-state index contributed by atoms with van der Waals surface area (Å²) in [5, 5.41) is 7.31. The maximum atomic E-state index is 13.3. The van der Waals surface area contributed by atoms with Crippen LogP contribution in [0.15, 0.2) is 29.8 Å². The molecular weight excluding hydrogens is 374 g/mol. The second kappa shape index (κ2) is 7.71. The number of aryl methyl sites for hydroxylation is 1. The Balaban J connectivity index is 1.63. The van der Waals surface area contributed by atoms with Crippen LogP contribution in [0.2, 0.25) is 0 Å². The molecule has 0 unspecified atom stereocenters. The van der Waals surface area contributed by atoms with Gasteiger partial charge < -0.3 is 9.80 Å². The first-order chi connectivity index (χ1) is 13.5. The Morgan fingerprint density at radius 2 is 1.96 bits per heavy atom. The molecule has 0 aromatic carbocycles. The molecule has 1 aliphatic rings. The number of hydrogen-bond acceptors (Lipinski definition) is 5. The first-order valence-electron chi connectivity index (χ1n) is 9.43. The molecule has 0 spiro atoms. The quantitative estimate of drug-likeness (QED) is 0.681. The Labute approximate surface area is 167 Å². The van der Waals surface area contributed by atoms with Crippen molar-refractivity contribution in [3.8, 4) is 0 Å². The number of nitrogens with zero attached hydrogens (tertiary/aromatic N) is 5. The van der Waals surface area contributed by atoms with Gasteiger partial charge in [-0.3, -0.25) is 9.59 Å². The van der Waals surface area contributed by atoms with Gasteiger partial charge in [0.15, 0.2) is 5.65 Å². The lowest BCUT2D eigenvalue weighted by atomic mass is 10.1. The number of fused-ring (bicyclic) bond motifs is 1. The summed E-state index contributed by atoms with van der Waals surface area (Å²) in [6.07, 6.45) is 2.53. The summed E-state index contributed by atoms with van der Waals surface area (Å²) < 4.78 is 1.85. The smallest absolute Gasteiger partial charge is 0.254 e. The van der Waals surface area contributed by atoms with E-state index in [1.807, 2.05) is 34.0 Å². The predicted molar refractivity (Wildman–Crippen MR) is 108 cm³/mol. The molecule has 7 nitrogen and oxygen atoms in total. The SMILES string of the molecule is CC(=O)N1CCCN(C(=O)c2cc(C)nc3c2cnn3Cc2cccs2)CC1. The van der Waals surface area contributed by atoms with Crippen molar-refractivity contribution in [3.05, 3.63) is 45.9 Å². The fourth-order valence-electron chi connectivity index (χ4n) is 3.62. The van der Waals surface area contributed by atoms with Crippen molar-refractivity contribution in [1.82, 2.24) is 24.6 Å². The van der Waals surface area contributed by atoms with E-state index in [0.717, 1.165) is 23.1 Å². The monoisotopic (exact) mass is 397 g/mol. The maximum Gasteiger partial charge on any atom is 0.254 e. The first-order valence-corrected chi connectivity index (χ1v) is 10.3. The average molecular weight is 398 g/mol. The minimum atomic E-state index is -0.0171. The number of carbonyl (C=O) groups excluding carboxylic acids is 2. The zero-order valence-electron chi connectivity index (χ0n) is 16.1. The topological polar surface area (TPSA) is 71.3 Å². The molecule has 1 saturated heterocycles. The van der Waals surface area contributed by atoms with Gasteiger partial charge in [0.1, 0.15) is 0 Å². The van der Waals surface area contributed by atoms with Crippen LogP contribution < -0.4 is 0 Å². The van der Waals surface area contributed by atoms with Crippen molar-refractivity contribution < 1.29 is 9.59 Å². The van der Waals surface area contributed by atoms with Crippen LogP contribution in [0, 0.1) is 6.92 Å². The molecular formula is C20H23N5O2S. The summed E-state index contributed by atoms with van der Waals surface area (Å²) in [5.74, 6) is 0.0443. The van der Waals surface area contributed by atoms with E-state index in [9.17, 15) is 9.59 Å². The van der Waals surface area contributed by atoms with E-state index < -0.39 is 0 Å². The van der Waals surface area contributed by atoms with Crippen LogP contribution in [0.5, 0.6) is 0 Å². The molecule has 1 aliphatic heterocycles. The standard InChI is InChI=1S/C20H23N5O2S/c1-14-11-17(20(27)24-7-4-6-23(8-9-24)15(2)26)18-12-21-25(19(18)22-14)13-16-5-3-10-28-16/h3,5,10-12H,4,6-9,13H2,1-2H3. The summed E-state index contributed by atoms with van der Waals surface area (Å²) >= 11 is 1.68. The van der Waals surface area contributed by atoms with Gasteiger partial charge in [0.25, 0.3) is 5.91 Å². The van der Waals surface area contributed by atoms with Gasteiger partial charge in [0.2, 0.25) is 5.91 Å². The lowest BCUT2D eigenvalue weighted by Gasteiger charge is -2.22. The zero-order valence-corrected chi connectivity index (χ0v) is 16.9. The highest BCUT2D eigenvalue weighted by atomic mass is 32.1. The lowest BCUT2D eigenvalue weighted by Crippen LogP contribution is -2.36. The number of thiophene rings is 1. The molecule has 0 radical (unpaired) electrons. The first kappa shape index (κ1) is 18.6. The zero-order chi connectivity index (χ0) is 19.7. The average Bonchev–Trinajstić information content (AvgIpc) is 3.24. The Morgan fingerprint density at radius 1 is 1.18 bits per heavy atom. The van der Waals surface area contributed by atoms with Crippen LogP contribution in [-0.2, 0) is 11.3 Å². The Kier molecular flexibility index (Phi) is 5.13. The lowest BCUT2D eigenvalue weighted by molar-refractivity contribution is -0.128. The highest BCUT2D eigenvalue weighted by Gasteiger charge is 2.24. The van der Waals surface area contributed by atoms with Crippen molar-refractivity contribution in [2.75, 3.05) is 26.2 Å². The highest BCUT2D eigenvalue weighted by Crippen LogP contribution is 2.22. The van der Waals surface area contributed by atoms with Crippen molar-refractivity contribution in [3.63, 3.8) is 0 Å². The van der Waals surface area contributed by atoms with E-state index in [1.54, 1.807) is 29.4 Å². The van der Waals surface area contributed by atoms with Gasteiger partial charge in [0.05, 0.1) is 23.7 Å². The summed E-state index contributed by atoms with van der Waals surface area (Å²) in [7, 11) is 0. The molecule has 0 saturated carbocycles. The van der Waals surface area contributed by atoms with Crippen LogP contribution in [0.25, 0.3) is 11.0 Å². The van der Waals surface area contributed by atoms with Crippen LogP contribution in [0.4, 0.5) is 0 Å². The van der Waals surface area contributed by atoms with E-state index >= 15 is 0 Å². The molecule has 8 heteroatoms. The van der Waals surface area contributed by atoms with Crippen molar-refractivity contribution in [2.24, 2.45) is 0 Å². The van der Waals surface area contributed by atoms with Gasteiger partial charge in [-0.2, -0.15) is 5.10 Å². The molecule has 3 aromatic heterocycles. The van der Waals surface area contributed by atoms with E-state index in [0.29, 0.717) is 38.3 Å². The summed E-state index contributed by atoms with van der Waals surface area (Å²) in [6.45, 7) is 6.59.